The smallest absolute Gasteiger partial charge is 0.341 e. The highest BCUT2D eigenvalue weighted by Crippen LogP contribution is 2.27. The number of nitrogens with zero attached hydrogens (tertiary/aromatic N) is 1. The first-order valence-electron chi connectivity index (χ1n) is 7.83. The van der Waals surface area contributed by atoms with Crippen LogP contribution in [0.25, 0.3) is 0 Å². The van der Waals surface area contributed by atoms with Crippen molar-refractivity contribution in [2.24, 2.45) is 0 Å². The van der Waals surface area contributed by atoms with E-state index in [9.17, 15) is 14.0 Å². The molecule has 2 aromatic rings. The third-order valence-corrected chi connectivity index (χ3v) is 4.23. The largest absolute Gasteiger partial charge is 0.497 e. The molecule has 0 unspecified atom stereocenters. The predicted molar refractivity (Wildman–Crippen MR) is 99.3 cm³/mol. The van der Waals surface area contributed by atoms with Crippen LogP contribution >= 0.6 is 11.8 Å². The SMILES string of the molecule is COc1ccc(C(=O)OCC(=O)Nc2c(C)cc(SC#N)cc2C)c(F)c1. The lowest BCUT2D eigenvalue weighted by atomic mass is 10.1. The number of carbonyl (C=O) groups is 2. The molecule has 0 atom stereocenters. The number of carbonyl (C=O) groups excluding carboxylic acids is 2. The van der Waals surface area contributed by atoms with E-state index in [0.29, 0.717) is 5.69 Å². The minimum Gasteiger partial charge on any atom is -0.497 e. The van der Waals surface area contributed by atoms with Crippen molar-refractivity contribution in [1.82, 2.24) is 0 Å². The highest BCUT2D eigenvalue weighted by atomic mass is 32.2. The zero-order valence-electron chi connectivity index (χ0n) is 15.0. The zero-order valence-corrected chi connectivity index (χ0v) is 15.8. The molecule has 0 aliphatic heterocycles. The van der Waals surface area contributed by atoms with E-state index in [1.807, 2.05) is 5.40 Å². The Morgan fingerprint density at radius 3 is 2.44 bits per heavy atom. The van der Waals surface area contributed by atoms with Crippen LogP contribution in [0.3, 0.4) is 0 Å². The van der Waals surface area contributed by atoms with Crippen molar-refractivity contribution in [3.8, 4) is 11.2 Å². The molecule has 27 heavy (non-hydrogen) atoms. The van der Waals surface area contributed by atoms with Crippen molar-refractivity contribution in [2.75, 3.05) is 19.0 Å². The lowest BCUT2D eigenvalue weighted by molar-refractivity contribution is -0.119. The second-order valence-electron chi connectivity index (χ2n) is 5.60. The number of benzene rings is 2. The fourth-order valence-corrected chi connectivity index (χ4v) is 2.98. The summed E-state index contributed by atoms with van der Waals surface area (Å²) < 4.78 is 23.6. The summed E-state index contributed by atoms with van der Waals surface area (Å²) in [5, 5.41) is 13.4. The number of rotatable bonds is 6. The lowest BCUT2D eigenvalue weighted by Gasteiger charge is -2.13. The molecule has 2 aromatic carbocycles. The Balaban J connectivity index is 2.00. The summed E-state index contributed by atoms with van der Waals surface area (Å²) in [6, 6.07) is 7.26. The Morgan fingerprint density at radius 1 is 1.22 bits per heavy atom. The van der Waals surface area contributed by atoms with Gasteiger partial charge in [0.1, 0.15) is 17.0 Å². The number of halogens is 1. The molecule has 0 heterocycles. The normalized spacial score (nSPS) is 10.0. The van der Waals surface area contributed by atoms with Gasteiger partial charge in [-0.3, -0.25) is 4.79 Å². The first-order valence-corrected chi connectivity index (χ1v) is 8.65. The molecule has 1 N–H and O–H groups in total. The highest BCUT2D eigenvalue weighted by Gasteiger charge is 2.16. The zero-order chi connectivity index (χ0) is 20.0. The van der Waals surface area contributed by atoms with Crippen molar-refractivity contribution in [2.45, 2.75) is 18.7 Å². The number of esters is 1. The van der Waals surface area contributed by atoms with Gasteiger partial charge in [0.2, 0.25) is 0 Å². The third-order valence-electron chi connectivity index (χ3n) is 3.66. The Bertz CT molecular complexity index is 901. The number of aryl methyl sites for hydroxylation is 2. The molecule has 0 spiro atoms. The van der Waals surface area contributed by atoms with Gasteiger partial charge < -0.3 is 14.8 Å². The number of ether oxygens (including phenoxy) is 2. The summed E-state index contributed by atoms with van der Waals surface area (Å²) in [6.45, 7) is 3.03. The van der Waals surface area contributed by atoms with Crippen LogP contribution < -0.4 is 10.1 Å². The van der Waals surface area contributed by atoms with E-state index in [-0.39, 0.29) is 11.3 Å². The van der Waals surface area contributed by atoms with Crippen LogP contribution in [0.5, 0.6) is 5.75 Å². The second kappa shape index (κ2) is 9.05. The van der Waals surface area contributed by atoms with E-state index < -0.39 is 24.3 Å². The maximum atomic E-state index is 13.9. The average Bonchev–Trinajstić information content (AvgIpc) is 2.63. The van der Waals surface area contributed by atoms with E-state index in [0.717, 1.165) is 33.9 Å². The number of hydrogen-bond donors (Lipinski definition) is 1. The quantitative estimate of drug-likeness (QED) is 0.460. The minimum atomic E-state index is -0.945. The molecule has 0 aliphatic carbocycles. The fourth-order valence-electron chi connectivity index (χ4n) is 2.41. The van der Waals surface area contributed by atoms with Gasteiger partial charge in [-0.05, 0) is 61.0 Å². The van der Waals surface area contributed by atoms with Crippen LogP contribution in [0.1, 0.15) is 21.5 Å². The van der Waals surface area contributed by atoms with Crippen LogP contribution in [-0.4, -0.2) is 25.6 Å². The summed E-state index contributed by atoms with van der Waals surface area (Å²) in [4.78, 5) is 24.8. The lowest BCUT2D eigenvalue weighted by Crippen LogP contribution is -2.22. The van der Waals surface area contributed by atoms with Crippen molar-refractivity contribution in [3.63, 3.8) is 0 Å². The Kier molecular flexibility index (Phi) is 6.79. The predicted octanol–water partition coefficient (Wildman–Crippen LogP) is 3.82. The monoisotopic (exact) mass is 388 g/mol. The number of thioether (sulfide) groups is 1. The number of nitrogens with one attached hydrogen (secondary N) is 1. The van der Waals surface area contributed by atoms with Crippen LogP contribution in [0, 0.1) is 30.3 Å². The maximum Gasteiger partial charge on any atom is 0.341 e. The van der Waals surface area contributed by atoms with Gasteiger partial charge in [-0.25, -0.2) is 9.18 Å². The van der Waals surface area contributed by atoms with Gasteiger partial charge in [0.05, 0.1) is 12.7 Å². The summed E-state index contributed by atoms with van der Waals surface area (Å²) in [5.41, 5.74) is 1.84. The molecule has 0 bridgehead atoms. The molecule has 0 saturated carbocycles. The van der Waals surface area contributed by atoms with Gasteiger partial charge in [-0.1, -0.05) is 0 Å². The topological polar surface area (TPSA) is 88.4 Å². The van der Waals surface area contributed by atoms with Crippen LogP contribution in [0.2, 0.25) is 0 Å². The van der Waals surface area contributed by atoms with E-state index >= 15 is 0 Å². The first-order chi connectivity index (χ1) is 12.8. The molecular weight excluding hydrogens is 371 g/mol. The molecule has 6 nitrogen and oxygen atoms in total. The Hall–Kier alpha value is -3.05. The summed E-state index contributed by atoms with van der Waals surface area (Å²) in [7, 11) is 1.38. The average molecular weight is 388 g/mol. The fraction of sp³-hybridized carbons (Fsp3) is 0.211. The standard InChI is InChI=1S/C19H17FN2O4S/c1-11-6-14(27-10-21)7-12(2)18(11)22-17(23)9-26-19(24)15-5-4-13(25-3)8-16(15)20/h4-8H,9H2,1-3H3,(H,22,23). The molecule has 0 aliphatic rings. The van der Waals surface area contributed by atoms with Gasteiger partial charge in [-0.2, -0.15) is 5.26 Å². The Labute approximate surface area is 160 Å². The van der Waals surface area contributed by atoms with Gasteiger partial charge >= 0.3 is 5.97 Å². The number of nitriles is 1. The minimum absolute atomic E-state index is 0.269. The molecule has 8 heteroatoms. The van der Waals surface area contributed by atoms with Crippen molar-refractivity contribution in [3.05, 3.63) is 52.8 Å². The molecule has 0 fully saturated rings. The molecular formula is C19H17FN2O4S. The third kappa shape index (κ3) is 5.21. The molecule has 1 amide bonds. The number of thiocyanates is 1. The second-order valence-corrected chi connectivity index (χ2v) is 6.45. The van der Waals surface area contributed by atoms with E-state index in [1.54, 1.807) is 26.0 Å². The maximum absolute atomic E-state index is 13.9. The van der Waals surface area contributed by atoms with Gasteiger partial charge in [0, 0.05) is 16.6 Å². The van der Waals surface area contributed by atoms with Gasteiger partial charge in [0.25, 0.3) is 5.91 Å². The summed E-state index contributed by atoms with van der Waals surface area (Å²) in [5.74, 6) is -2.02. The number of anilines is 1. The van der Waals surface area contributed by atoms with Crippen molar-refractivity contribution >= 4 is 29.3 Å². The molecule has 2 rings (SSSR count). The molecule has 140 valence electrons. The van der Waals surface area contributed by atoms with E-state index in [2.05, 4.69) is 5.32 Å². The first kappa shape index (κ1) is 20.3. The number of amides is 1. The number of hydrogen-bond acceptors (Lipinski definition) is 6. The molecule has 0 aromatic heterocycles. The summed E-state index contributed by atoms with van der Waals surface area (Å²) in [6.07, 6.45) is 0. The summed E-state index contributed by atoms with van der Waals surface area (Å²) >= 11 is 1.03. The van der Waals surface area contributed by atoms with Crippen LogP contribution in [0.4, 0.5) is 10.1 Å². The van der Waals surface area contributed by atoms with Gasteiger partial charge in [-0.15, -0.1) is 0 Å². The number of methoxy groups -OCH3 is 1. The van der Waals surface area contributed by atoms with Crippen molar-refractivity contribution in [1.29, 1.82) is 5.26 Å². The Morgan fingerprint density at radius 2 is 1.89 bits per heavy atom. The van der Waals surface area contributed by atoms with Crippen LogP contribution in [-0.2, 0) is 9.53 Å². The van der Waals surface area contributed by atoms with E-state index in [1.165, 1.54) is 19.2 Å². The molecule has 0 radical (unpaired) electrons. The van der Waals surface area contributed by atoms with Crippen LogP contribution in [0.15, 0.2) is 35.2 Å². The highest BCUT2D eigenvalue weighted by molar-refractivity contribution is 8.03. The van der Waals surface area contributed by atoms with Crippen molar-refractivity contribution < 1.29 is 23.5 Å². The molecule has 0 saturated heterocycles. The van der Waals surface area contributed by atoms with Gasteiger partial charge in [0.15, 0.2) is 6.61 Å². The van der Waals surface area contributed by atoms with E-state index in [4.69, 9.17) is 14.7 Å².